The van der Waals surface area contributed by atoms with E-state index in [4.69, 9.17) is 0 Å². The molecule has 0 aromatic heterocycles. The van der Waals surface area contributed by atoms with Crippen molar-refractivity contribution < 1.29 is 0 Å². The smallest absolute Gasteiger partial charge is 0.0257 e. The van der Waals surface area contributed by atoms with Crippen molar-refractivity contribution in [2.24, 2.45) is 5.92 Å². The van der Waals surface area contributed by atoms with Gasteiger partial charge < -0.3 is 0 Å². The van der Waals surface area contributed by atoms with Gasteiger partial charge in [-0.25, -0.2) is 0 Å². The van der Waals surface area contributed by atoms with Crippen LogP contribution in [0.25, 0.3) is 0 Å². The highest BCUT2D eigenvalue weighted by molar-refractivity contribution is 5.23. The highest BCUT2D eigenvalue weighted by atomic mass is 14.0. The molecular weight excluding hydrogens is 156 g/mol. The van der Waals surface area contributed by atoms with E-state index in [2.05, 4.69) is 59.6 Å². The summed E-state index contributed by atoms with van der Waals surface area (Å²) in [5.74, 6) is 0.677. The highest BCUT2D eigenvalue weighted by Crippen LogP contribution is 2.14. The lowest BCUT2D eigenvalue weighted by Gasteiger charge is -2.07. The zero-order chi connectivity index (χ0) is 10.9. The van der Waals surface area contributed by atoms with Crippen molar-refractivity contribution >= 4 is 0 Å². The summed E-state index contributed by atoms with van der Waals surface area (Å²) < 4.78 is 0. The van der Waals surface area contributed by atoms with Gasteiger partial charge in [0.25, 0.3) is 0 Å². The molecule has 0 saturated carbocycles. The maximum atomic E-state index is 4.00. The lowest BCUT2D eigenvalue weighted by molar-refractivity contribution is 0.760. The molecule has 74 valence electrons. The summed E-state index contributed by atoms with van der Waals surface area (Å²) >= 11 is 0. The minimum Gasteiger partial charge on any atom is -0.124 e. The van der Waals surface area contributed by atoms with E-state index in [1.165, 1.54) is 11.1 Å². The maximum absolute atomic E-state index is 4.00. The number of terminal acetylenes is 1. The number of hydrogen-bond donors (Lipinski definition) is 0. The predicted molar refractivity (Wildman–Crippen MR) is 62.5 cm³/mol. The Morgan fingerprint density at radius 2 is 1.69 bits per heavy atom. The molecule has 0 atom stereocenters. The predicted octanol–water partition coefficient (Wildman–Crippen LogP) is 4.19. The monoisotopic (exact) mass is 178 g/mol. The molecule has 0 aliphatic carbocycles. The molecule has 0 bridgehead atoms. The van der Waals surface area contributed by atoms with Gasteiger partial charge in [-0.2, -0.15) is 0 Å². The second-order valence-electron chi connectivity index (χ2n) is 3.33. The van der Waals surface area contributed by atoms with Crippen LogP contribution in [0.1, 0.15) is 41.0 Å². The van der Waals surface area contributed by atoms with Gasteiger partial charge in [-0.3, -0.25) is 0 Å². The molecule has 0 aliphatic rings. The van der Waals surface area contributed by atoms with Gasteiger partial charge in [-0.15, -0.1) is 12.8 Å². The summed E-state index contributed by atoms with van der Waals surface area (Å²) in [6, 6.07) is 0. The minimum atomic E-state index is 0.677. The van der Waals surface area contributed by atoms with Crippen LogP contribution in [-0.4, -0.2) is 0 Å². The van der Waals surface area contributed by atoms with Gasteiger partial charge in [-0.05, 0) is 26.2 Å². The summed E-state index contributed by atoms with van der Waals surface area (Å²) in [7, 11) is 0. The van der Waals surface area contributed by atoms with Crippen molar-refractivity contribution in [3.63, 3.8) is 0 Å². The van der Waals surface area contributed by atoms with E-state index >= 15 is 0 Å². The Hall–Kier alpha value is -0.960. The van der Waals surface area contributed by atoms with Crippen molar-refractivity contribution in [2.45, 2.75) is 41.0 Å². The minimum absolute atomic E-state index is 0.677. The average molecular weight is 178 g/mol. The van der Waals surface area contributed by atoms with Gasteiger partial charge in [0.1, 0.15) is 0 Å². The van der Waals surface area contributed by atoms with Gasteiger partial charge in [0, 0.05) is 0 Å². The first-order valence-electron chi connectivity index (χ1n) is 4.76. The third-order valence-electron chi connectivity index (χ3n) is 2.09. The molecule has 0 spiro atoms. The molecule has 0 heteroatoms. The first-order valence-corrected chi connectivity index (χ1v) is 4.76. The molecule has 0 saturated heterocycles. The third-order valence-corrected chi connectivity index (χ3v) is 2.09. The van der Waals surface area contributed by atoms with Crippen LogP contribution in [-0.2, 0) is 0 Å². The second-order valence-corrected chi connectivity index (χ2v) is 3.33. The van der Waals surface area contributed by atoms with Gasteiger partial charge in [0.15, 0.2) is 0 Å². The Bertz CT molecular complexity index is 189. The van der Waals surface area contributed by atoms with Crippen molar-refractivity contribution in [1.29, 1.82) is 0 Å². The molecule has 0 rings (SSSR count). The normalized spacial score (nSPS) is 12.3. The molecule has 0 N–H and O–H groups in total. The lowest BCUT2D eigenvalue weighted by atomic mass is 10.00. The fraction of sp³-hybridized carbons (Fsp3) is 0.538. The zero-order valence-corrected chi connectivity index (χ0v) is 9.59. The summed E-state index contributed by atoms with van der Waals surface area (Å²) in [6.45, 7) is 11.0. The van der Waals surface area contributed by atoms with E-state index in [1.807, 2.05) is 0 Å². The van der Waals surface area contributed by atoms with E-state index < -0.39 is 0 Å². The van der Waals surface area contributed by atoms with Crippen molar-refractivity contribution in [2.75, 3.05) is 0 Å². The fourth-order valence-corrected chi connectivity index (χ4v) is 0.881. The number of rotatable bonds is 3. The van der Waals surface area contributed by atoms with Crippen LogP contribution in [0.5, 0.6) is 0 Å². The van der Waals surface area contributed by atoms with Crippen LogP contribution in [0.4, 0.5) is 0 Å². The maximum Gasteiger partial charge on any atom is -0.0257 e. The first-order chi connectivity index (χ1) is 6.09. The second kappa shape index (κ2) is 9.13. The van der Waals surface area contributed by atoms with Gasteiger partial charge in [-0.1, -0.05) is 44.1 Å². The Morgan fingerprint density at radius 1 is 1.23 bits per heavy atom. The van der Waals surface area contributed by atoms with Gasteiger partial charge >= 0.3 is 0 Å². The molecule has 13 heavy (non-hydrogen) atoms. The quantitative estimate of drug-likeness (QED) is 0.449. The lowest BCUT2D eigenvalue weighted by Crippen LogP contribution is -1.91. The first kappa shape index (κ1) is 14.6. The molecule has 0 aromatic carbocycles. The van der Waals surface area contributed by atoms with Gasteiger partial charge in [0.05, 0.1) is 0 Å². The zero-order valence-electron chi connectivity index (χ0n) is 9.59. The van der Waals surface area contributed by atoms with Crippen LogP contribution in [0.3, 0.4) is 0 Å². The number of hydrogen-bond acceptors (Lipinski definition) is 0. The third kappa shape index (κ3) is 7.40. The highest BCUT2D eigenvalue weighted by Gasteiger charge is 1.97. The molecular formula is C13H22. The van der Waals surface area contributed by atoms with E-state index in [0.29, 0.717) is 5.92 Å². The number of allylic oxidation sites excluding steroid dienone is 4. The van der Waals surface area contributed by atoms with Crippen molar-refractivity contribution in [3.05, 3.63) is 23.3 Å². The van der Waals surface area contributed by atoms with Crippen LogP contribution in [0.15, 0.2) is 23.3 Å². The summed E-state index contributed by atoms with van der Waals surface area (Å²) in [4.78, 5) is 0. The summed E-state index contributed by atoms with van der Waals surface area (Å²) in [6.07, 6.45) is 13.6. The van der Waals surface area contributed by atoms with Crippen LogP contribution in [0.2, 0.25) is 0 Å². The molecule has 0 aromatic rings. The molecule has 0 amide bonds. The standard InChI is InChI=1S/C11H20.C2H2/c1-6-7-8-10(4)11(5)9(2)3;1-2/h7-9H,6H2,1-5H3;1-2H/b8-7-,11-10+;. The van der Waals surface area contributed by atoms with Crippen LogP contribution in [0, 0.1) is 18.8 Å². The van der Waals surface area contributed by atoms with E-state index in [1.54, 1.807) is 0 Å². The molecule has 0 heterocycles. The Balaban J connectivity index is 0. The summed E-state index contributed by atoms with van der Waals surface area (Å²) in [5.41, 5.74) is 2.91. The van der Waals surface area contributed by atoms with Crippen LogP contribution < -0.4 is 0 Å². The van der Waals surface area contributed by atoms with Crippen molar-refractivity contribution in [3.8, 4) is 12.8 Å². The van der Waals surface area contributed by atoms with E-state index in [9.17, 15) is 0 Å². The summed E-state index contributed by atoms with van der Waals surface area (Å²) in [5, 5.41) is 0. The fourth-order valence-electron chi connectivity index (χ4n) is 0.881. The van der Waals surface area contributed by atoms with Gasteiger partial charge in [0.2, 0.25) is 0 Å². The Morgan fingerprint density at radius 3 is 2.00 bits per heavy atom. The molecule has 0 aliphatic heterocycles. The molecule has 0 nitrogen and oxygen atoms in total. The largest absolute Gasteiger partial charge is 0.124 e. The molecule has 0 unspecified atom stereocenters. The molecule has 0 fully saturated rings. The van der Waals surface area contributed by atoms with E-state index in [-0.39, 0.29) is 0 Å². The topological polar surface area (TPSA) is 0 Å². The average Bonchev–Trinajstić information content (AvgIpc) is 2.16. The van der Waals surface area contributed by atoms with E-state index in [0.717, 1.165) is 6.42 Å². The molecule has 0 radical (unpaired) electrons. The SMILES string of the molecule is C#C.CC/C=C\C(C)=C(/C)C(C)C. The Labute approximate surface area is 83.7 Å². The van der Waals surface area contributed by atoms with Crippen molar-refractivity contribution in [1.82, 2.24) is 0 Å². The van der Waals surface area contributed by atoms with Crippen LogP contribution >= 0.6 is 0 Å². The Kier molecular flexibility index (Phi) is 10.2.